The summed E-state index contributed by atoms with van der Waals surface area (Å²) in [5.74, 6) is 4.00. The Morgan fingerprint density at radius 1 is 1.48 bits per heavy atom. The Bertz CT molecular complexity index is 474. The first kappa shape index (κ1) is 17.4. The molecule has 118 valence electrons. The van der Waals surface area contributed by atoms with E-state index in [4.69, 9.17) is 4.42 Å². The zero-order chi connectivity index (χ0) is 15.7. The van der Waals surface area contributed by atoms with Gasteiger partial charge >= 0.3 is 0 Å². The van der Waals surface area contributed by atoms with E-state index in [2.05, 4.69) is 15.6 Å². The fourth-order valence-electron chi connectivity index (χ4n) is 1.66. The third-order valence-electron chi connectivity index (χ3n) is 2.53. The van der Waals surface area contributed by atoms with E-state index in [0.717, 1.165) is 36.0 Å². The average molecular weight is 314 g/mol. The summed E-state index contributed by atoms with van der Waals surface area (Å²) in [6, 6.07) is 3.99. The lowest BCUT2D eigenvalue weighted by atomic mass is 10.4. The molecule has 8 heteroatoms. The van der Waals surface area contributed by atoms with Crippen LogP contribution in [0.25, 0.3) is 0 Å². The summed E-state index contributed by atoms with van der Waals surface area (Å²) in [6.07, 6.45) is 2.52. The number of hydrogen-bond acceptors (Lipinski definition) is 6. The Hall–Kier alpha value is -1.67. The van der Waals surface area contributed by atoms with Gasteiger partial charge in [-0.3, -0.25) is 0 Å². The maximum absolute atomic E-state index is 10.3. The number of hydrogen-bond donors (Lipinski definition) is 2. The third-order valence-corrected chi connectivity index (χ3v) is 3.54. The first-order chi connectivity index (χ1) is 10.0. The summed E-state index contributed by atoms with van der Waals surface area (Å²) >= 11 is 1.73. The lowest BCUT2D eigenvalue weighted by Crippen LogP contribution is -2.28. The SMILES string of the molecule is CNC(=CCCSCc1ccc(CN(C)C)o1)N[N+](=O)[O-]. The van der Waals surface area contributed by atoms with Gasteiger partial charge in [0.1, 0.15) is 11.5 Å². The summed E-state index contributed by atoms with van der Waals surface area (Å²) in [6.45, 7) is 0.797. The molecule has 0 spiro atoms. The second-order valence-electron chi connectivity index (χ2n) is 4.68. The number of furan rings is 1. The van der Waals surface area contributed by atoms with E-state index in [1.807, 2.05) is 26.2 Å². The van der Waals surface area contributed by atoms with E-state index >= 15 is 0 Å². The summed E-state index contributed by atoms with van der Waals surface area (Å²) in [7, 11) is 5.65. The molecule has 0 atom stereocenters. The van der Waals surface area contributed by atoms with Crippen molar-refractivity contribution in [2.24, 2.45) is 0 Å². The number of nitrogens with one attached hydrogen (secondary N) is 2. The number of rotatable bonds is 10. The molecule has 0 saturated heterocycles. The van der Waals surface area contributed by atoms with Crippen molar-refractivity contribution in [3.8, 4) is 0 Å². The fourth-order valence-corrected chi connectivity index (χ4v) is 2.44. The van der Waals surface area contributed by atoms with Crippen molar-refractivity contribution in [3.63, 3.8) is 0 Å². The highest BCUT2D eigenvalue weighted by molar-refractivity contribution is 7.98. The molecule has 0 fully saturated rings. The van der Waals surface area contributed by atoms with Crippen molar-refractivity contribution in [2.45, 2.75) is 18.7 Å². The first-order valence-electron chi connectivity index (χ1n) is 6.60. The van der Waals surface area contributed by atoms with Gasteiger partial charge in [0.2, 0.25) is 0 Å². The normalized spacial score (nSPS) is 11.7. The Kier molecular flexibility index (Phi) is 7.70. The van der Waals surface area contributed by atoms with Crippen LogP contribution < -0.4 is 10.7 Å². The molecule has 0 radical (unpaired) electrons. The standard InChI is InChI=1S/C13H22N4O3S/c1-14-13(15-17(18)19)5-4-8-21-10-12-7-6-11(20-12)9-16(2)3/h5-7,14-15H,4,8-10H2,1-3H3. The number of allylic oxidation sites excluding steroid dienone is 1. The van der Waals surface area contributed by atoms with Crippen LogP contribution in [-0.4, -0.2) is 36.8 Å². The lowest BCUT2D eigenvalue weighted by molar-refractivity contribution is -0.536. The van der Waals surface area contributed by atoms with E-state index in [1.165, 1.54) is 0 Å². The Morgan fingerprint density at radius 2 is 2.19 bits per heavy atom. The van der Waals surface area contributed by atoms with Crippen molar-refractivity contribution in [1.82, 2.24) is 15.6 Å². The van der Waals surface area contributed by atoms with Gasteiger partial charge in [0, 0.05) is 7.05 Å². The molecule has 0 aromatic carbocycles. The van der Waals surface area contributed by atoms with Crippen LogP contribution in [0, 0.1) is 10.1 Å². The van der Waals surface area contributed by atoms with E-state index in [9.17, 15) is 10.1 Å². The van der Waals surface area contributed by atoms with Gasteiger partial charge in [-0.25, -0.2) is 10.1 Å². The number of nitrogens with zero attached hydrogens (tertiary/aromatic N) is 2. The van der Waals surface area contributed by atoms with E-state index in [1.54, 1.807) is 24.9 Å². The Labute approximate surface area is 128 Å². The van der Waals surface area contributed by atoms with Gasteiger partial charge in [-0.2, -0.15) is 11.8 Å². The minimum absolute atomic E-state index is 0.409. The molecule has 7 nitrogen and oxygen atoms in total. The van der Waals surface area contributed by atoms with Gasteiger partial charge in [0.05, 0.1) is 12.3 Å². The molecule has 0 amide bonds. The minimum atomic E-state index is -0.579. The summed E-state index contributed by atoms with van der Waals surface area (Å²) in [5, 5.41) is 12.5. The molecule has 0 aliphatic carbocycles. The molecule has 1 heterocycles. The number of hydrazine groups is 1. The van der Waals surface area contributed by atoms with E-state index in [0.29, 0.717) is 5.82 Å². The molecule has 0 unspecified atom stereocenters. The Morgan fingerprint density at radius 3 is 2.81 bits per heavy atom. The summed E-state index contributed by atoms with van der Waals surface area (Å²) in [5.41, 5.74) is 2.10. The van der Waals surface area contributed by atoms with Crippen LogP contribution in [0.15, 0.2) is 28.4 Å². The maximum Gasteiger partial charge on any atom is 0.163 e. The van der Waals surface area contributed by atoms with Crippen molar-refractivity contribution in [3.05, 3.63) is 45.7 Å². The first-order valence-corrected chi connectivity index (χ1v) is 7.75. The van der Waals surface area contributed by atoms with Gasteiger partial charge in [0.25, 0.3) is 0 Å². The molecular formula is C13H22N4O3S. The number of nitro groups is 1. The van der Waals surface area contributed by atoms with Crippen molar-refractivity contribution in [2.75, 3.05) is 26.9 Å². The van der Waals surface area contributed by atoms with Crippen LogP contribution in [0.5, 0.6) is 0 Å². The summed E-state index contributed by atoms with van der Waals surface area (Å²) < 4.78 is 5.70. The van der Waals surface area contributed by atoms with Crippen LogP contribution in [0.3, 0.4) is 0 Å². The predicted molar refractivity (Wildman–Crippen MR) is 84.2 cm³/mol. The predicted octanol–water partition coefficient (Wildman–Crippen LogP) is 1.81. The Balaban J connectivity index is 2.26. The smallest absolute Gasteiger partial charge is 0.163 e. The van der Waals surface area contributed by atoms with E-state index in [-0.39, 0.29) is 0 Å². The van der Waals surface area contributed by atoms with Crippen molar-refractivity contribution >= 4 is 11.8 Å². The maximum atomic E-state index is 10.3. The minimum Gasteiger partial charge on any atom is -0.464 e. The van der Waals surface area contributed by atoms with Crippen molar-refractivity contribution < 1.29 is 9.45 Å². The molecule has 0 aliphatic rings. The zero-order valence-corrected chi connectivity index (χ0v) is 13.4. The van der Waals surface area contributed by atoms with Gasteiger partial charge in [-0.1, -0.05) is 5.43 Å². The largest absolute Gasteiger partial charge is 0.464 e. The monoisotopic (exact) mass is 314 g/mol. The molecule has 0 bridgehead atoms. The van der Waals surface area contributed by atoms with Gasteiger partial charge in [0.15, 0.2) is 10.9 Å². The second kappa shape index (κ2) is 9.30. The fraction of sp³-hybridized carbons (Fsp3) is 0.538. The highest BCUT2D eigenvalue weighted by Crippen LogP contribution is 2.17. The molecule has 1 aromatic rings. The van der Waals surface area contributed by atoms with E-state index < -0.39 is 5.03 Å². The second-order valence-corrected chi connectivity index (χ2v) is 5.79. The molecule has 21 heavy (non-hydrogen) atoms. The van der Waals surface area contributed by atoms with Crippen LogP contribution in [-0.2, 0) is 12.3 Å². The van der Waals surface area contributed by atoms with Crippen LogP contribution in [0.4, 0.5) is 0 Å². The molecule has 1 rings (SSSR count). The van der Waals surface area contributed by atoms with Gasteiger partial charge < -0.3 is 14.6 Å². The van der Waals surface area contributed by atoms with Crippen molar-refractivity contribution in [1.29, 1.82) is 0 Å². The lowest BCUT2D eigenvalue weighted by Gasteiger charge is -2.05. The number of thioether (sulfide) groups is 1. The zero-order valence-electron chi connectivity index (χ0n) is 12.6. The average Bonchev–Trinajstić information content (AvgIpc) is 2.83. The van der Waals surface area contributed by atoms with Crippen LogP contribution in [0.1, 0.15) is 17.9 Å². The van der Waals surface area contributed by atoms with Crippen LogP contribution in [0.2, 0.25) is 0 Å². The third kappa shape index (κ3) is 7.62. The highest BCUT2D eigenvalue weighted by Gasteiger charge is 2.03. The topological polar surface area (TPSA) is 83.6 Å². The van der Waals surface area contributed by atoms with Crippen LogP contribution >= 0.6 is 11.8 Å². The molecule has 2 N–H and O–H groups in total. The molecular weight excluding hydrogens is 292 g/mol. The van der Waals surface area contributed by atoms with Gasteiger partial charge in [-0.15, -0.1) is 0 Å². The van der Waals surface area contributed by atoms with Gasteiger partial charge in [-0.05, 0) is 44.5 Å². The molecule has 0 saturated carbocycles. The molecule has 1 aromatic heterocycles. The summed E-state index contributed by atoms with van der Waals surface area (Å²) in [4.78, 5) is 12.4. The quantitative estimate of drug-likeness (QED) is 0.387. The molecule has 0 aliphatic heterocycles. The highest BCUT2D eigenvalue weighted by atomic mass is 32.2.